The monoisotopic (exact) mass is 443 g/mol. The molecule has 0 amide bonds. The van der Waals surface area contributed by atoms with Crippen LogP contribution in [0.3, 0.4) is 0 Å². The van der Waals surface area contributed by atoms with Crippen molar-refractivity contribution in [3.63, 3.8) is 0 Å². The van der Waals surface area contributed by atoms with Gasteiger partial charge in [0.1, 0.15) is 11.2 Å². The van der Waals surface area contributed by atoms with E-state index < -0.39 is 17.4 Å². The van der Waals surface area contributed by atoms with Gasteiger partial charge in [-0.25, -0.2) is 13.8 Å². The molecule has 1 aromatic carbocycles. The number of rotatable bonds is 3. The number of aromatic nitrogens is 1. The number of phenols is 1. The van der Waals surface area contributed by atoms with Gasteiger partial charge >= 0.3 is 0 Å². The summed E-state index contributed by atoms with van der Waals surface area (Å²) in [5, 5.41) is 22.3. The molecule has 3 saturated carbocycles. The number of H-pyrrole nitrogens is 1. The first-order valence-corrected chi connectivity index (χ1v) is 11.5. The number of aliphatic hydroxyl groups is 1. The minimum Gasteiger partial charge on any atom is -0.507 e. The van der Waals surface area contributed by atoms with Crippen molar-refractivity contribution in [3.8, 4) is 5.75 Å². The average molecular weight is 444 g/mol. The standard InChI is InChI=1S/C23H23F2N3O2S/c1-12-6-14(16-10-23(16,24)25)15(17(29)7-12)8-13-9-18-19(26-13)27-20(31-18)28-21-2-4-22(30,11-21)5-3-21/h6-9,16,29-30H,2-5,10-11H2,1H3,(H,26,27,28)/b13-8+. The maximum atomic E-state index is 13.7. The molecule has 0 radical (unpaired) electrons. The van der Waals surface area contributed by atoms with E-state index in [1.165, 1.54) is 11.8 Å². The normalized spacial score (nSPS) is 34.4. The molecule has 0 spiro atoms. The number of fused-ring (bicyclic) bond motifs is 3. The summed E-state index contributed by atoms with van der Waals surface area (Å²) in [7, 11) is 0. The van der Waals surface area contributed by atoms with Crippen molar-refractivity contribution in [1.82, 2.24) is 4.98 Å². The van der Waals surface area contributed by atoms with Crippen LogP contribution in [0.25, 0.3) is 6.08 Å². The summed E-state index contributed by atoms with van der Waals surface area (Å²) in [6.45, 7) is 1.79. The molecule has 6 rings (SSSR count). The van der Waals surface area contributed by atoms with Crippen molar-refractivity contribution in [2.24, 2.45) is 9.98 Å². The van der Waals surface area contributed by atoms with Crippen LogP contribution >= 0.6 is 11.8 Å². The molecule has 1 aliphatic heterocycles. The molecular weight excluding hydrogens is 420 g/mol. The van der Waals surface area contributed by atoms with Crippen LogP contribution in [-0.2, 0) is 0 Å². The quantitative estimate of drug-likeness (QED) is 0.679. The molecule has 3 N–H and O–H groups in total. The van der Waals surface area contributed by atoms with Crippen LogP contribution in [0.15, 0.2) is 33.1 Å². The highest BCUT2D eigenvalue weighted by atomic mass is 32.2. The van der Waals surface area contributed by atoms with E-state index in [1.54, 1.807) is 25.1 Å². The highest BCUT2D eigenvalue weighted by molar-refractivity contribution is 8.14. The number of aryl methyl sites for hydroxylation is 1. The third-order valence-electron chi connectivity index (χ3n) is 7.13. The molecule has 3 aliphatic carbocycles. The van der Waals surface area contributed by atoms with Crippen LogP contribution in [0.5, 0.6) is 5.75 Å². The zero-order valence-electron chi connectivity index (χ0n) is 17.1. The predicted molar refractivity (Wildman–Crippen MR) is 114 cm³/mol. The number of aromatic hydroxyl groups is 1. The minimum atomic E-state index is -2.71. The van der Waals surface area contributed by atoms with Gasteiger partial charge in [-0.2, -0.15) is 0 Å². The van der Waals surface area contributed by atoms with Crippen LogP contribution < -0.4 is 10.8 Å². The van der Waals surface area contributed by atoms with E-state index in [2.05, 4.69) is 9.98 Å². The molecule has 2 aromatic rings. The Balaban J connectivity index is 1.35. The lowest BCUT2D eigenvalue weighted by Crippen LogP contribution is -2.21. The van der Waals surface area contributed by atoms with Gasteiger partial charge in [0, 0.05) is 23.8 Å². The van der Waals surface area contributed by atoms with Crippen molar-refractivity contribution in [3.05, 3.63) is 45.7 Å². The van der Waals surface area contributed by atoms with E-state index in [-0.39, 0.29) is 17.7 Å². The maximum absolute atomic E-state index is 13.7. The molecule has 1 aromatic heterocycles. The summed E-state index contributed by atoms with van der Waals surface area (Å²) < 4.78 is 27.5. The lowest BCUT2D eigenvalue weighted by atomic mass is 9.93. The van der Waals surface area contributed by atoms with E-state index in [0.717, 1.165) is 36.1 Å². The van der Waals surface area contributed by atoms with Gasteiger partial charge in [-0.3, -0.25) is 4.99 Å². The number of halogens is 2. The molecule has 1 atom stereocenters. The molecule has 1 unspecified atom stereocenters. The van der Waals surface area contributed by atoms with Gasteiger partial charge < -0.3 is 15.2 Å². The summed E-state index contributed by atoms with van der Waals surface area (Å²) >= 11 is 1.48. The highest BCUT2D eigenvalue weighted by Gasteiger charge is 2.58. The number of aliphatic imine (C=N–C) groups is 1. The summed E-state index contributed by atoms with van der Waals surface area (Å²) in [4.78, 5) is 13.7. The Kier molecular flexibility index (Phi) is 3.89. The second kappa shape index (κ2) is 6.19. The second-order valence-electron chi connectivity index (χ2n) is 9.62. The number of thioether (sulfide) groups is 1. The Morgan fingerprint density at radius 2 is 1.97 bits per heavy atom. The summed E-state index contributed by atoms with van der Waals surface area (Å²) in [6, 6.07) is 5.25. The fourth-order valence-electron chi connectivity index (χ4n) is 5.41. The van der Waals surface area contributed by atoms with E-state index in [4.69, 9.17) is 4.99 Å². The predicted octanol–water partition coefficient (Wildman–Crippen LogP) is 3.51. The summed E-state index contributed by atoms with van der Waals surface area (Å²) in [6.07, 6.45) is 5.67. The number of alkyl halides is 2. The number of benzene rings is 1. The van der Waals surface area contributed by atoms with Crippen molar-refractivity contribution in [2.75, 3.05) is 0 Å². The Bertz CT molecular complexity index is 1260. The van der Waals surface area contributed by atoms with Gasteiger partial charge in [-0.15, -0.1) is 0 Å². The molecule has 5 nitrogen and oxygen atoms in total. The van der Waals surface area contributed by atoms with Crippen molar-refractivity contribution in [2.45, 2.75) is 73.3 Å². The Hall–Kier alpha value is -2.19. The molecule has 162 valence electrons. The van der Waals surface area contributed by atoms with Crippen LogP contribution in [0.1, 0.15) is 61.1 Å². The number of hydrogen-bond acceptors (Lipinski definition) is 4. The van der Waals surface area contributed by atoms with E-state index >= 15 is 0 Å². The number of hydrogen-bond donors (Lipinski definition) is 3. The summed E-state index contributed by atoms with van der Waals surface area (Å²) in [5.41, 5.74) is 1.65. The third-order valence-corrected chi connectivity index (χ3v) is 8.03. The minimum absolute atomic E-state index is 0.00774. The SMILES string of the molecule is Cc1cc(O)c(/C=c2\cc3c([nH]2)=NC(=NC24CCC(O)(CC2)C4)S3)c(C2CC2(F)F)c1. The second-order valence-corrected chi connectivity index (χ2v) is 10.6. The molecule has 0 saturated heterocycles. The Labute approximate surface area is 182 Å². The van der Waals surface area contributed by atoms with E-state index in [1.807, 2.05) is 6.07 Å². The van der Waals surface area contributed by atoms with E-state index in [0.29, 0.717) is 33.6 Å². The van der Waals surface area contributed by atoms with Crippen LogP contribution in [-0.4, -0.2) is 37.4 Å². The number of nitrogens with zero attached hydrogens (tertiary/aromatic N) is 2. The van der Waals surface area contributed by atoms with Crippen molar-refractivity contribution >= 4 is 23.0 Å². The lowest BCUT2D eigenvalue weighted by Gasteiger charge is -2.21. The molecular formula is C23H23F2N3O2S. The average Bonchev–Trinajstić information content (AvgIpc) is 3.08. The van der Waals surface area contributed by atoms with Gasteiger partial charge in [-0.1, -0.05) is 6.07 Å². The number of amidine groups is 1. The topological polar surface area (TPSA) is 81.0 Å². The molecule has 4 aliphatic rings. The number of aromatic amines is 1. The lowest BCUT2D eigenvalue weighted by molar-refractivity contribution is 0.0521. The zero-order chi connectivity index (χ0) is 21.6. The molecule has 3 fully saturated rings. The van der Waals surface area contributed by atoms with Gasteiger partial charge in [0.15, 0.2) is 5.17 Å². The molecule has 2 heterocycles. The summed E-state index contributed by atoms with van der Waals surface area (Å²) in [5.74, 6) is -3.55. The first-order chi connectivity index (χ1) is 14.6. The Morgan fingerprint density at radius 3 is 2.58 bits per heavy atom. The van der Waals surface area contributed by atoms with Crippen molar-refractivity contribution < 1.29 is 19.0 Å². The van der Waals surface area contributed by atoms with Crippen LogP contribution in [0, 0.1) is 6.92 Å². The fraction of sp³-hybridized carbons (Fsp3) is 0.478. The first kappa shape index (κ1) is 19.5. The van der Waals surface area contributed by atoms with Gasteiger partial charge in [0.2, 0.25) is 0 Å². The number of nitrogens with one attached hydrogen (secondary N) is 1. The van der Waals surface area contributed by atoms with Crippen molar-refractivity contribution in [1.29, 1.82) is 0 Å². The van der Waals surface area contributed by atoms with Gasteiger partial charge in [-0.05, 0) is 73.7 Å². The molecule has 31 heavy (non-hydrogen) atoms. The van der Waals surface area contributed by atoms with Gasteiger partial charge in [0.05, 0.1) is 22.0 Å². The first-order valence-electron chi connectivity index (χ1n) is 10.6. The number of phenolic OH excluding ortho intramolecular Hbond substituents is 1. The highest BCUT2D eigenvalue weighted by Crippen LogP contribution is 2.57. The molecule has 2 bridgehead atoms. The van der Waals surface area contributed by atoms with Crippen LogP contribution in [0.4, 0.5) is 8.78 Å². The third kappa shape index (κ3) is 3.22. The van der Waals surface area contributed by atoms with Crippen LogP contribution in [0.2, 0.25) is 0 Å². The Morgan fingerprint density at radius 1 is 1.23 bits per heavy atom. The largest absolute Gasteiger partial charge is 0.507 e. The molecule has 8 heteroatoms. The smallest absolute Gasteiger partial charge is 0.255 e. The maximum Gasteiger partial charge on any atom is 0.255 e. The van der Waals surface area contributed by atoms with E-state index in [9.17, 15) is 19.0 Å². The fourth-order valence-corrected chi connectivity index (χ4v) is 6.36. The van der Waals surface area contributed by atoms with Gasteiger partial charge in [0.25, 0.3) is 5.92 Å². The zero-order valence-corrected chi connectivity index (χ0v) is 17.9.